The summed E-state index contributed by atoms with van der Waals surface area (Å²) >= 11 is 3.35. The Morgan fingerprint density at radius 2 is 1.93 bits per heavy atom. The molecule has 8 nitrogen and oxygen atoms in total. The van der Waals surface area contributed by atoms with Gasteiger partial charge in [-0.3, -0.25) is 19.6 Å². The average Bonchev–Trinajstić information content (AvgIpc) is 3.17. The molecule has 0 atom stereocenters. The van der Waals surface area contributed by atoms with Crippen LogP contribution in [-0.4, -0.2) is 59.1 Å². The third-order valence-corrected chi connectivity index (χ3v) is 4.57. The normalized spacial score (nSPS) is 13.6. The molecule has 3 heterocycles. The number of aromatic nitrogens is 2. The maximum atomic E-state index is 13.0. The summed E-state index contributed by atoms with van der Waals surface area (Å²) in [4.78, 5) is 34.0. The molecule has 0 unspecified atom stereocenters. The highest BCUT2D eigenvalue weighted by Crippen LogP contribution is 2.24. The van der Waals surface area contributed by atoms with Crippen molar-refractivity contribution in [3.63, 3.8) is 0 Å². The molecule has 1 saturated heterocycles. The fraction of sp³-hybridized carbons (Fsp3) is 0.333. The largest absolute Gasteiger partial charge is 0.481 e. The van der Waals surface area contributed by atoms with Crippen molar-refractivity contribution in [1.82, 2.24) is 20.0 Å². The zero-order valence-electron chi connectivity index (χ0n) is 15.0. The van der Waals surface area contributed by atoms with Gasteiger partial charge in [0.25, 0.3) is 5.91 Å². The first kappa shape index (κ1) is 19.1. The zero-order chi connectivity index (χ0) is 19.4. The van der Waals surface area contributed by atoms with Crippen LogP contribution in [-0.2, 0) is 11.2 Å². The van der Waals surface area contributed by atoms with Crippen molar-refractivity contribution in [2.24, 2.45) is 0 Å². The van der Waals surface area contributed by atoms with Crippen LogP contribution in [0.3, 0.4) is 0 Å². The highest BCUT2D eigenvalue weighted by atomic mass is 79.9. The summed E-state index contributed by atoms with van der Waals surface area (Å²) in [5, 5.41) is 2.92. The van der Waals surface area contributed by atoms with Gasteiger partial charge in [-0.05, 0) is 40.0 Å². The van der Waals surface area contributed by atoms with Gasteiger partial charge < -0.3 is 9.47 Å². The second kappa shape index (κ2) is 8.34. The molecule has 0 radical (unpaired) electrons. The van der Waals surface area contributed by atoms with Crippen LogP contribution >= 0.6 is 15.9 Å². The van der Waals surface area contributed by atoms with Gasteiger partial charge in [0.1, 0.15) is 5.56 Å². The predicted octanol–water partition coefficient (Wildman–Crippen LogP) is 2.09. The average molecular weight is 435 g/mol. The van der Waals surface area contributed by atoms with E-state index >= 15 is 0 Å². The topological polar surface area (TPSA) is 84.9 Å². The van der Waals surface area contributed by atoms with Gasteiger partial charge in [0.15, 0.2) is 0 Å². The van der Waals surface area contributed by atoms with Gasteiger partial charge in [0.05, 0.1) is 20.6 Å². The Labute approximate surface area is 165 Å². The van der Waals surface area contributed by atoms with E-state index in [1.807, 2.05) is 6.07 Å². The number of hydrazine groups is 1. The van der Waals surface area contributed by atoms with Gasteiger partial charge in [-0.1, -0.05) is 0 Å². The lowest BCUT2D eigenvalue weighted by molar-refractivity contribution is -0.139. The van der Waals surface area contributed by atoms with Crippen molar-refractivity contribution in [2.75, 3.05) is 27.3 Å². The number of ether oxygens (including phenoxy) is 2. The number of rotatable bonds is 5. The zero-order valence-corrected chi connectivity index (χ0v) is 16.6. The molecule has 0 bridgehead atoms. The van der Waals surface area contributed by atoms with Gasteiger partial charge in [-0.25, -0.2) is 5.01 Å². The highest BCUT2D eigenvalue weighted by molar-refractivity contribution is 9.10. The minimum Gasteiger partial charge on any atom is -0.481 e. The molecule has 0 spiro atoms. The smallest absolute Gasteiger partial charge is 0.277 e. The summed E-state index contributed by atoms with van der Waals surface area (Å²) in [6.07, 6.45) is 4.16. The molecule has 1 aliphatic rings. The van der Waals surface area contributed by atoms with Crippen LogP contribution in [0.5, 0.6) is 11.8 Å². The van der Waals surface area contributed by atoms with Crippen LogP contribution in [0.15, 0.2) is 35.1 Å². The first-order valence-corrected chi connectivity index (χ1v) is 9.13. The van der Waals surface area contributed by atoms with E-state index in [1.54, 1.807) is 24.5 Å². The minimum atomic E-state index is -0.333. The predicted molar refractivity (Wildman–Crippen MR) is 100 cm³/mol. The Hall–Kier alpha value is -2.68. The van der Waals surface area contributed by atoms with Crippen molar-refractivity contribution in [3.8, 4) is 11.8 Å². The Kier molecular flexibility index (Phi) is 5.90. The Bertz CT molecular complexity index is 861. The summed E-state index contributed by atoms with van der Waals surface area (Å²) in [6, 6.07) is 5.01. The number of nitrogens with zero attached hydrogens (tertiary/aromatic N) is 4. The lowest BCUT2D eigenvalue weighted by Crippen LogP contribution is -2.45. The molecular weight excluding hydrogens is 416 g/mol. The quantitative estimate of drug-likeness (QED) is 0.715. The third-order valence-electron chi connectivity index (χ3n) is 4.14. The molecule has 9 heteroatoms. The van der Waals surface area contributed by atoms with E-state index in [2.05, 4.69) is 25.9 Å². The standard InChI is InChI=1S/C18H19BrN4O4/c1-26-15-5-4-14(17(21-15)27-2)18(25)23-7-3-6-22(23)16(24)9-12-8-13(19)11-20-10-12/h4-5,8,10-11H,3,6-7,9H2,1-2H3. The Morgan fingerprint density at radius 3 is 2.63 bits per heavy atom. The van der Waals surface area contributed by atoms with Gasteiger partial charge in [0.2, 0.25) is 17.7 Å². The van der Waals surface area contributed by atoms with Crippen LogP contribution in [0.2, 0.25) is 0 Å². The van der Waals surface area contributed by atoms with E-state index in [9.17, 15) is 9.59 Å². The molecule has 142 valence electrons. The number of hydrogen-bond donors (Lipinski definition) is 0. The molecule has 1 fully saturated rings. The SMILES string of the molecule is COc1ccc(C(=O)N2CCCN2C(=O)Cc2cncc(Br)c2)c(OC)n1. The van der Waals surface area contributed by atoms with E-state index in [4.69, 9.17) is 9.47 Å². The number of amides is 2. The molecule has 2 aromatic heterocycles. The summed E-state index contributed by atoms with van der Waals surface area (Å²) < 4.78 is 11.1. The number of methoxy groups -OCH3 is 2. The first-order valence-electron chi connectivity index (χ1n) is 8.34. The molecule has 1 aliphatic heterocycles. The van der Waals surface area contributed by atoms with Crippen LogP contribution in [0.4, 0.5) is 0 Å². The van der Waals surface area contributed by atoms with Gasteiger partial charge in [-0.2, -0.15) is 4.98 Å². The molecular formula is C18H19BrN4O4. The first-order chi connectivity index (χ1) is 13.0. The monoisotopic (exact) mass is 434 g/mol. The van der Waals surface area contributed by atoms with Gasteiger partial charge in [0, 0.05) is 36.0 Å². The van der Waals surface area contributed by atoms with E-state index in [1.165, 1.54) is 24.2 Å². The number of carbonyl (C=O) groups excluding carboxylic acids is 2. The second-order valence-electron chi connectivity index (χ2n) is 5.90. The fourth-order valence-electron chi connectivity index (χ4n) is 2.90. The number of hydrogen-bond acceptors (Lipinski definition) is 6. The molecule has 3 rings (SSSR count). The lowest BCUT2D eigenvalue weighted by Gasteiger charge is -2.28. The molecule has 2 amide bonds. The fourth-order valence-corrected chi connectivity index (χ4v) is 3.31. The molecule has 0 aromatic carbocycles. The number of pyridine rings is 2. The van der Waals surface area contributed by atoms with Crippen LogP contribution < -0.4 is 9.47 Å². The molecule has 27 heavy (non-hydrogen) atoms. The Morgan fingerprint density at radius 1 is 1.15 bits per heavy atom. The minimum absolute atomic E-state index is 0.161. The van der Waals surface area contributed by atoms with E-state index in [-0.39, 0.29) is 29.7 Å². The van der Waals surface area contributed by atoms with Gasteiger partial charge in [-0.15, -0.1) is 0 Å². The Balaban J connectivity index is 1.79. The summed E-state index contributed by atoms with van der Waals surface area (Å²) in [6.45, 7) is 0.939. The van der Waals surface area contributed by atoms with E-state index in [0.717, 1.165) is 10.0 Å². The third kappa shape index (κ3) is 4.19. The van der Waals surface area contributed by atoms with Crippen LogP contribution in [0.25, 0.3) is 0 Å². The second-order valence-corrected chi connectivity index (χ2v) is 6.81. The highest BCUT2D eigenvalue weighted by Gasteiger charge is 2.33. The molecule has 2 aromatic rings. The van der Waals surface area contributed by atoms with E-state index < -0.39 is 0 Å². The van der Waals surface area contributed by atoms with Crippen molar-refractivity contribution >= 4 is 27.7 Å². The number of halogens is 1. The maximum Gasteiger partial charge on any atom is 0.277 e. The van der Waals surface area contributed by atoms with Crippen molar-refractivity contribution < 1.29 is 19.1 Å². The summed E-state index contributed by atoms with van der Waals surface area (Å²) in [5.74, 6) is 0.0103. The maximum absolute atomic E-state index is 13.0. The van der Waals surface area contributed by atoms with Crippen molar-refractivity contribution in [2.45, 2.75) is 12.8 Å². The van der Waals surface area contributed by atoms with Gasteiger partial charge >= 0.3 is 0 Å². The molecule has 0 aliphatic carbocycles. The van der Waals surface area contributed by atoms with Crippen LogP contribution in [0, 0.1) is 0 Å². The molecule has 0 saturated carbocycles. The molecule has 0 N–H and O–H groups in total. The number of carbonyl (C=O) groups is 2. The van der Waals surface area contributed by atoms with E-state index in [0.29, 0.717) is 25.4 Å². The lowest BCUT2D eigenvalue weighted by atomic mass is 10.2. The summed E-state index contributed by atoms with van der Waals surface area (Å²) in [5.41, 5.74) is 1.06. The van der Waals surface area contributed by atoms with Crippen LogP contribution in [0.1, 0.15) is 22.3 Å². The van der Waals surface area contributed by atoms with Crippen molar-refractivity contribution in [3.05, 3.63) is 46.2 Å². The summed E-state index contributed by atoms with van der Waals surface area (Å²) in [7, 11) is 2.92. The van der Waals surface area contributed by atoms with Crippen molar-refractivity contribution in [1.29, 1.82) is 0 Å².